The van der Waals surface area contributed by atoms with Gasteiger partial charge in [-0.15, -0.1) is 0 Å². The van der Waals surface area contributed by atoms with Crippen molar-refractivity contribution >= 4 is 17.5 Å². The summed E-state index contributed by atoms with van der Waals surface area (Å²) in [6, 6.07) is 1.18. The number of carbonyl (C=O) groups excluding carboxylic acids is 2. The number of hydrogen-bond donors (Lipinski definition) is 1. The highest BCUT2D eigenvalue weighted by molar-refractivity contribution is 6.07. The van der Waals surface area contributed by atoms with Crippen molar-refractivity contribution in [2.24, 2.45) is 0 Å². The van der Waals surface area contributed by atoms with Crippen LogP contribution in [0.3, 0.4) is 0 Å². The summed E-state index contributed by atoms with van der Waals surface area (Å²) in [4.78, 5) is 26.7. The molecule has 2 aromatic heterocycles. The number of carbonyl (C=O) groups is 2. The van der Waals surface area contributed by atoms with E-state index in [1.54, 1.807) is 4.90 Å². The van der Waals surface area contributed by atoms with E-state index in [0.29, 0.717) is 37.5 Å². The summed E-state index contributed by atoms with van der Waals surface area (Å²) < 4.78 is 32.3. The fourth-order valence-electron chi connectivity index (χ4n) is 2.61. The lowest BCUT2D eigenvalue weighted by Gasteiger charge is -2.27. The standard InChI is InChI=1S/C15H18F2N6O3/c1-2-22-12(14(25)21-5-7-26-8-6-21)11(9-18-22)19-13(24)10-3-4-23(20-10)15(16)17/h3-4,9,15H,2,5-8H2,1H3,(H,19,24). The quantitative estimate of drug-likeness (QED) is 0.856. The first-order valence-corrected chi connectivity index (χ1v) is 8.08. The molecule has 0 aromatic carbocycles. The molecule has 1 fully saturated rings. The molecule has 0 aliphatic carbocycles. The van der Waals surface area contributed by atoms with Crippen LogP contribution in [0.15, 0.2) is 18.5 Å². The monoisotopic (exact) mass is 368 g/mol. The largest absolute Gasteiger partial charge is 0.378 e. The molecule has 26 heavy (non-hydrogen) atoms. The van der Waals surface area contributed by atoms with Gasteiger partial charge in [-0.1, -0.05) is 0 Å². The summed E-state index contributed by atoms with van der Waals surface area (Å²) in [7, 11) is 0. The zero-order valence-electron chi connectivity index (χ0n) is 14.1. The highest BCUT2D eigenvalue weighted by Crippen LogP contribution is 2.19. The van der Waals surface area contributed by atoms with E-state index in [9.17, 15) is 18.4 Å². The molecule has 0 saturated carbocycles. The van der Waals surface area contributed by atoms with Gasteiger partial charge < -0.3 is 15.0 Å². The predicted molar refractivity (Wildman–Crippen MR) is 86.1 cm³/mol. The second-order valence-corrected chi connectivity index (χ2v) is 5.54. The van der Waals surface area contributed by atoms with E-state index >= 15 is 0 Å². The Kier molecular flexibility index (Phi) is 5.26. The number of nitrogens with one attached hydrogen (secondary N) is 1. The third kappa shape index (κ3) is 3.57. The van der Waals surface area contributed by atoms with Gasteiger partial charge in [-0.2, -0.15) is 19.0 Å². The van der Waals surface area contributed by atoms with Crippen LogP contribution in [0, 0.1) is 0 Å². The SMILES string of the molecule is CCn1ncc(NC(=O)c2ccn(C(F)F)n2)c1C(=O)N1CCOCC1. The molecule has 1 saturated heterocycles. The van der Waals surface area contributed by atoms with Crippen LogP contribution >= 0.6 is 0 Å². The Labute approximate surface area is 147 Å². The lowest BCUT2D eigenvalue weighted by Crippen LogP contribution is -2.41. The minimum absolute atomic E-state index is 0.181. The number of anilines is 1. The Balaban J connectivity index is 1.82. The molecule has 0 spiro atoms. The molecule has 3 heterocycles. The first-order chi connectivity index (χ1) is 12.5. The first-order valence-electron chi connectivity index (χ1n) is 8.08. The van der Waals surface area contributed by atoms with Crippen molar-refractivity contribution in [2.45, 2.75) is 20.0 Å². The number of ether oxygens (including phenoxy) is 1. The van der Waals surface area contributed by atoms with Crippen LogP contribution < -0.4 is 5.32 Å². The van der Waals surface area contributed by atoms with E-state index in [2.05, 4.69) is 15.5 Å². The fourth-order valence-corrected chi connectivity index (χ4v) is 2.61. The molecule has 9 nitrogen and oxygen atoms in total. The highest BCUT2D eigenvalue weighted by Gasteiger charge is 2.26. The number of nitrogens with zero attached hydrogens (tertiary/aromatic N) is 5. The smallest absolute Gasteiger partial charge is 0.333 e. The van der Waals surface area contributed by atoms with Crippen molar-refractivity contribution in [1.29, 1.82) is 0 Å². The van der Waals surface area contributed by atoms with E-state index in [1.807, 2.05) is 6.92 Å². The van der Waals surface area contributed by atoms with Gasteiger partial charge in [0, 0.05) is 25.8 Å². The van der Waals surface area contributed by atoms with Gasteiger partial charge in [0.05, 0.1) is 25.1 Å². The number of amides is 2. The van der Waals surface area contributed by atoms with E-state index in [0.717, 1.165) is 6.20 Å². The van der Waals surface area contributed by atoms with Crippen molar-refractivity contribution in [1.82, 2.24) is 24.5 Å². The zero-order valence-corrected chi connectivity index (χ0v) is 14.1. The average Bonchev–Trinajstić information content (AvgIpc) is 3.29. The normalized spacial score (nSPS) is 14.7. The van der Waals surface area contributed by atoms with Gasteiger partial charge in [-0.25, -0.2) is 4.68 Å². The van der Waals surface area contributed by atoms with Crippen LogP contribution in [0.4, 0.5) is 14.5 Å². The number of aromatic nitrogens is 4. The molecule has 1 N–H and O–H groups in total. The molecule has 0 unspecified atom stereocenters. The second-order valence-electron chi connectivity index (χ2n) is 5.54. The van der Waals surface area contributed by atoms with Crippen molar-refractivity contribution in [3.05, 3.63) is 29.8 Å². The lowest BCUT2D eigenvalue weighted by molar-refractivity contribution is 0.0295. The topological polar surface area (TPSA) is 94.3 Å². The Morgan fingerprint density at radius 3 is 2.69 bits per heavy atom. The predicted octanol–water partition coefficient (Wildman–Crippen LogP) is 1.22. The Morgan fingerprint density at radius 1 is 1.35 bits per heavy atom. The molecule has 1 aliphatic heterocycles. The van der Waals surface area contributed by atoms with Crippen LogP contribution in [0.5, 0.6) is 0 Å². The fraction of sp³-hybridized carbons (Fsp3) is 0.467. The summed E-state index contributed by atoms with van der Waals surface area (Å²) in [5.41, 5.74) is 0.260. The number of hydrogen-bond acceptors (Lipinski definition) is 5. The number of aryl methyl sites for hydroxylation is 1. The Morgan fingerprint density at radius 2 is 2.08 bits per heavy atom. The maximum atomic E-state index is 12.8. The van der Waals surface area contributed by atoms with Gasteiger partial charge in [-0.3, -0.25) is 14.3 Å². The molecule has 2 amide bonds. The minimum atomic E-state index is -2.84. The van der Waals surface area contributed by atoms with E-state index in [-0.39, 0.29) is 23.0 Å². The second kappa shape index (κ2) is 7.60. The molecule has 1 aliphatic rings. The van der Waals surface area contributed by atoms with Crippen molar-refractivity contribution in [3.63, 3.8) is 0 Å². The molecule has 0 bridgehead atoms. The summed E-state index contributed by atoms with van der Waals surface area (Å²) in [6.07, 6.45) is 2.37. The molecule has 0 radical (unpaired) electrons. The summed E-state index contributed by atoms with van der Waals surface area (Å²) >= 11 is 0. The van der Waals surface area contributed by atoms with Crippen LogP contribution in [0.25, 0.3) is 0 Å². The first kappa shape index (κ1) is 18.0. The molecular weight excluding hydrogens is 350 g/mol. The number of halogens is 2. The Hall–Kier alpha value is -2.82. The lowest BCUT2D eigenvalue weighted by atomic mass is 10.2. The van der Waals surface area contributed by atoms with Crippen LogP contribution in [0.2, 0.25) is 0 Å². The third-order valence-electron chi connectivity index (χ3n) is 3.93. The maximum Gasteiger partial charge on any atom is 0.333 e. The van der Waals surface area contributed by atoms with Gasteiger partial charge in [0.2, 0.25) is 0 Å². The van der Waals surface area contributed by atoms with Crippen LogP contribution in [-0.4, -0.2) is 62.6 Å². The minimum Gasteiger partial charge on any atom is -0.378 e. The van der Waals surface area contributed by atoms with Crippen LogP contribution in [0.1, 0.15) is 34.5 Å². The Bertz CT molecular complexity index is 797. The molecule has 3 rings (SSSR count). The van der Waals surface area contributed by atoms with E-state index in [4.69, 9.17) is 4.74 Å². The molecular formula is C15H18F2N6O3. The van der Waals surface area contributed by atoms with E-state index < -0.39 is 12.5 Å². The van der Waals surface area contributed by atoms with Gasteiger partial charge in [0.1, 0.15) is 5.69 Å². The third-order valence-corrected chi connectivity index (χ3v) is 3.93. The zero-order chi connectivity index (χ0) is 18.7. The van der Waals surface area contributed by atoms with Crippen LogP contribution in [-0.2, 0) is 11.3 Å². The summed E-state index contributed by atoms with van der Waals surface area (Å²) in [6.45, 7) is 1.19. The van der Waals surface area contributed by atoms with Crippen molar-refractivity contribution < 1.29 is 23.1 Å². The van der Waals surface area contributed by atoms with Crippen molar-refractivity contribution in [2.75, 3.05) is 31.6 Å². The number of morpholine rings is 1. The summed E-state index contributed by atoms with van der Waals surface area (Å²) in [5.74, 6) is -0.975. The van der Waals surface area contributed by atoms with E-state index in [1.165, 1.54) is 16.9 Å². The average molecular weight is 368 g/mol. The number of rotatable bonds is 5. The maximum absolute atomic E-state index is 12.8. The molecule has 0 atom stereocenters. The molecule has 11 heteroatoms. The highest BCUT2D eigenvalue weighted by atomic mass is 19.3. The summed E-state index contributed by atoms with van der Waals surface area (Å²) in [5, 5.41) is 10.2. The number of alkyl halides is 2. The van der Waals surface area contributed by atoms with Gasteiger partial charge in [-0.05, 0) is 13.0 Å². The van der Waals surface area contributed by atoms with Gasteiger partial charge in [0.15, 0.2) is 5.69 Å². The van der Waals surface area contributed by atoms with Gasteiger partial charge in [0.25, 0.3) is 11.8 Å². The van der Waals surface area contributed by atoms with Crippen molar-refractivity contribution in [3.8, 4) is 0 Å². The van der Waals surface area contributed by atoms with Gasteiger partial charge >= 0.3 is 6.55 Å². The molecule has 2 aromatic rings. The molecule has 140 valence electrons.